The second-order valence-electron chi connectivity index (χ2n) is 6.70. The summed E-state index contributed by atoms with van der Waals surface area (Å²) in [6.07, 6.45) is 4.19. The highest BCUT2D eigenvalue weighted by molar-refractivity contribution is 5.77. The normalized spacial score (nSPS) is 15.8. The van der Waals surface area contributed by atoms with Crippen molar-refractivity contribution in [1.29, 1.82) is 0 Å². The first-order valence-electron chi connectivity index (χ1n) is 8.94. The quantitative estimate of drug-likeness (QED) is 0.567. The molecule has 1 unspecified atom stereocenters. The Bertz CT molecular complexity index is 1170. The molecule has 8 nitrogen and oxygen atoms in total. The van der Waals surface area contributed by atoms with E-state index in [1.807, 2.05) is 24.3 Å². The molecule has 0 fully saturated rings. The van der Waals surface area contributed by atoms with Gasteiger partial charge < -0.3 is 20.2 Å². The standard InChI is InChI=1S/C20H18N6O2/c1-27-14-2-3-17-11(7-14)6-13(10-28-17)18-24-16-8-12(9-23-19(16)26-18)15-4-5-22-20(21)25-15/h2-5,7-9,13H,6,10H2,1H3,(H2,21,22,25)(H,23,24,26). The van der Waals surface area contributed by atoms with Gasteiger partial charge in [0.2, 0.25) is 5.95 Å². The number of pyridine rings is 1. The second kappa shape index (κ2) is 6.49. The Morgan fingerprint density at radius 2 is 2.11 bits per heavy atom. The summed E-state index contributed by atoms with van der Waals surface area (Å²) in [5.41, 5.74) is 9.88. The highest BCUT2D eigenvalue weighted by atomic mass is 16.5. The lowest BCUT2D eigenvalue weighted by Crippen LogP contribution is -2.20. The van der Waals surface area contributed by atoms with Crippen molar-refractivity contribution in [3.05, 3.63) is 54.1 Å². The summed E-state index contributed by atoms with van der Waals surface area (Å²) in [7, 11) is 1.66. The fourth-order valence-electron chi connectivity index (χ4n) is 3.46. The zero-order valence-electron chi connectivity index (χ0n) is 15.2. The zero-order chi connectivity index (χ0) is 19.1. The number of hydrogen-bond donors (Lipinski definition) is 2. The van der Waals surface area contributed by atoms with Crippen molar-refractivity contribution in [2.24, 2.45) is 0 Å². The predicted molar refractivity (Wildman–Crippen MR) is 104 cm³/mol. The third-order valence-corrected chi connectivity index (χ3v) is 4.89. The van der Waals surface area contributed by atoms with Crippen LogP contribution in [-0.4, -0.2) is 38.6 Å². The molecule has 8 heteroatoms. The third kappa shape index (κ3) is 2.88. The molecule has 28 heavy (non-hydrogen) atoms. The highest BCUT2D eigenvalue weighted by Gasteiger charge is 2.25. The number of rotatable bonds is 3. The molecular weight excluding hydrogens is 356 g/mol. The average Bonchev–Trinajstić information content (AvgIpc) is 3.16. The lowest BCUT2D eigenvalue weighted by Gasteiger charge is -2.24. The number of hydrogen-bond acceptors (Lipinski definition) is 7. The Hall–Kier alpha value is -3.68. The Morgan fingerprint density at radius 1 is 1.18 bits per heavy atom. The highest BCUT2D eigenvalue weighted by Crippen LogP contribution is 2.34. The Labute approximate surface area is 160 Å². The van der Waals surface area contributed by atoms with Gasteiger partial charge in [0.15, 0.2) is 5.65 Å². The number of benzene rings is 1. The van der Waals surface area contributed by atoms with Crippen LogP contribution in [0.1, 0.15) is 17.3 Å². The summed E-state index contributed by atoms with van der Waals surface area (Å²) in [5, 5.41) is 0. The number of nitrogen functional groups attached to an aromatic ring is 1. The Kier molecular flexibility index (Phi) is 3.82. The van der Waals surface area contributed by atoms with Crippen LogP contribution in [-0.2, 0) is 6.42 Å². The van der Waals surface area contributed by atoms with Gasteiger partial charge in [-0.15, -0.1) is 0 Å². The number of aromatic amines is 1. The van der Waals surface area contributed by atoms with E-state index in [1.54, 1.807) is 25.6 Å². The molecule has 0 bridgehead atoms. The van der Waals surface area contributed by atoms with E-state index in [2.05, 4.69) is 24.9 Å². The molecule has 0 saturated carbocycles. The van der Waals surface area contributed by atoms with Crippen LogP contribution in [0.3, 0.4) is 0 Å². The van der Waals surface area contributed by atoms with Crippen LogP contribution in [0.4, 0.5) is 5.95 Å². The fraction of sp³-hybridized carbons (Fsp3) is 0.200. The molecule has 5 rings (SSSR count). The second-order valence-corrected chi connectivity index (χ2v) is 6.70. The van der Waals surface area contributed by atoms with Crippen molar-refractivity contribution in [3.63, 3.8) is 0 Å². The number of aromatic nitrogens is 5. The molecule has 1 aliphatic heterocycles. The van der Waals surface area contributed by atoms with Gasteiger partial charge in [0, 0.05) is 18.0 Å². The van der Waals surface area contributed by atoms with E-state index < -0.39 is 0 Å². The van der Waals surface area contributed by atoms with E-state index in [0.717, 1.165) is 46.1 Å². The summed E-state index contributed by atoms with van der Waals surface area (Å²) in [6.45, 7) is 0.564. The minimum absolute atomic E-state index is 0.118. The van der Waals surface area contributed by atoms with Crippen molar-refractivity contribution >= 4 is 17.1 Å². The van der Waals surface area contributed by atoms with Gasteiger partial charge >= 0.3 is 0 Å². The first-order chi connectivity index (χ1) is 13.7. The van der Waals surface area contributed by atoms with Gasteiger partial charge in [0.05, 0.1) is 30.8 Å². The van der Waals surface area contributed by atoms with Crippen molar-refractivity contribution in [3.8, 4) is 22.8 Å². The lowest BCUT2D eigenvalue weighted by molar-refractivity contribution is 0.257. The molecule has 0 radical (unpaired) electrons. The van der Waals surface area contributed by atoms with E-state index in [9.17, 15) is 0 Å². The Morgan fingerprint density at radius 3 is 2.96 bits per heavy atom. The zero-order valence-corrected chi connectivity index (χ0v) is 15.2. The molecule has 1 aliphatic rings. The van der Waals surface area contributed by atoms with Crippen LogP contribution in [0, 0.1) is 0 Å². The van der Waals surface area contributed by atoms with Crippen molar-refractivity contribution in [1.82, 2.24) is 24.9 Å². The van der Waals surface area contributed by atoms with Crippen LogP contribution >= 0.6 is 0 Å². The molecule has 0 aliphatic carbocycles. The first kappa shape index (κ1) is 16.5. The van der Waals surface area contributed by atoms with Crippen molar-refractivity contribution in [2.45, 2.75) is 12.3 Å². The van der Waals surface area contributed by atoms with E-state index in [4.69, 9.17) is 15.2 Å². The van der Waals surface area contributed by atoms with Gasteiger partial charge in [-0.3, -0.25) is 0 Å². The topological polar surface area (TPSA) is 112 Å². The Balaban J connectivity index is 1.47. The smallest absolute Gasteiger partial charge is 0.220 e. The minimum Gasteiger partial charge on any atom is -0.497 e. The van der Waals surface area contributed by atoms with Crippen LogP contribution in [0.5, 0.6) is 11.5 Å². The summed E-state index contributed by atoms with van der Waals surface area (Å²) in [6, 6.07) is 9.65. The molecule has 3 aromatic heterocycles. The number of nitrogens with one attached hydrogen (secondary N) is 1. The van der Waals surface area contributed by atoms with Crippen LogP contribution < -0.4 is 15.2 Å². The lowest BCUT2D eigenvalue weighted by atomic mass is 9.96. The molecule has 0 spiro atoms. The molecule has 0 saturated heterocycles. The molecule has 0 amide bonds. The van der Waals surface area contributed by atoms with Gasteiger partial charge in [-0.1, -0.05) is 0 Å². The maximum Gasteiger partial charge on any atom is 0.220 e. The SMILES string of the molecule is COc1ccc2c(c1)CC(c1nc3ncc(-c4ccnc(N)n4)cc3[nH]1)CO2. The molecule has 4 heterocycles. The number of methoxy groups -OCH3 is 1. The monoisotopic (exact) mass is 374 g/mol. The first-order valence-corrected chi connectivity index (χ1v) is 8.94. The van der Waals surface area contributed by atoms with Crippen molar-refractivity contribution in [2.75, 3.05) is 19.5 Å². The third-order valence-electron chi connectivity index (χ3n) is 4.89. The van der Waals surface area contributed by atoms with Gasteiger partial charge in [-0.2, -0.15) is 0 Å². The number of anilines is 1. The fourth-order valence-corrected chi connectivity index (χ4v) is 3.46. The maximum absolute atomic E-state index is 5.93. The van der Waals surface area contributed by atoms with Crippen molar-refractivity contribution < 1.29 is 9.47 Å². The van der Waals surface area contributed by atoms with Crippen LogP contribution in [0.2, 0.25) is 0 Å². The van der Waals surface area contributed by atoms with Gasteiger partial charge in [0.1, 0.15) is 17.3 Å². The van der Waals surface area contributed by atoms with Gasteiger partial charge in [-0.25, -0.2) is 19.9 Å². The largest absolute Gasteiger partial charge is 0.497 e. The number of nitrogens with zero attached hydrogens (tertiary/aromatic N) is 4. The molecular formula is C20H18N6O2. The van der Waals surface area contributed by atoms with Crippen LogP contribution in [0.15, 0.2) is 42.7 Å². The molecule has 1 aromatic carbocycles. The van der Waals surface area contributed by atoms with E-state index in [0.29, 0.717) is 12.3 Å². The van der Waals surface area contributed by atoms with Crippen LogP contribution in [0.25, 0.3) is 22.4 Å². The predicted octanol–water partition coefficient (Wildman–Crippen LogP) is 2.72. The summed E-state index contributed by atoms with van der Waals surface area (Å²) < 4.78 is 11.2. The molecule has 140 valence electrons. The van der Waals surface area contributed by atoms with E-state index in [-0.39, 0.29) is 11.9 Å². The number of nitrogens with two attached hydrogens (primary N) is 1. The average molecular weight is 374 g/mol. The number of fused-ring (bicyclic) bond motifs is 2. The summed E-state index contributed by atoms with van der Waals surface area (Å²) in [4.78, 5) is 20.7. The molecule has 4 aromatic rings. The molecule has 1 atom stereocenters. The van der Waals surface area contributed by atoms with Gasteiger partial charge in [-0.05, 0) is 42.3 Å². The number of ether oxygens (including phenoxy) is 2. The number of imidazole rings is 1. The van der Waals surface area contributed by atoms with E-state index >= 15 is 0 Å². The number of H-pyrrole nitrogens is 1. The minimum atomic E-state index is 0.118. The van der Waals surface area contributed by atoms with Gasteiger partial charge in [0.25, 0.3) is 0 Å². The maximum atomic E-state index is 5.93. The summed E-state index contributed by atoms with van der Waals surface area (Å²) in [5.74, 6) is 2.93. The van der Waals surface area contributed by atoms with E-state index in [1.165, 1.54) is 0 Å². The summed E-state index contributed by atoms with van der Waals surface area (Å²) >= 11 is 0. The molecule has 3 N–H and O–H groups in total.